The van der Waals surface area contributed by atoms with Gasteiger partial charge in [0.15, 0.2) is 0 Å². The number of hydrogen-bond acceptors (Lipinski definition) is 3. The number of rotatable bonds is 4. The summed E-state index contributed by atoms with van der Waals surface area (Å²) >= 11 is 0. The van der Waals surface area contributed by atoms with Gasteiger partial charge in [-0.3, -0.25) is 4.79 Å². The number of hydrogen-bond donors (Lipinski definition) is 2. The van der Waals surface area contributed by atoms with Crippen LogP contribution in [0.3, 0.4) is 0 Å². The van der Waals surface area contributed by atoms with Gasteiger partial charge in [0.05, 0.1) is 17.7 Å². The van der Waals surface area contributed by atoms with Crippen LogP contribution in [0.4, 0.5) is 0 Å². The third-order valence-electron chi connectivity index (χ3n) is 2.80. The number of nitriles is 1. The number of benzene rings is 1. The molecular weight excluding hydrogens is 228 g/mol. The summed E-state index contributed by atoms with van der Waals surface area (Å²) in [6.07, 6.45) is -0.995. The van der Waals surface area contributed by atoms with E-state index in [1.807, 2.05) is 13.0 Å². The first-order valence-electron chi connectivity index (χ1n) is 5.94. The van der Waals surface area contributed by atoms with Crippen molar-refractivity contribution >= 4 is 5.91 Å². The predicted molar refractivity (Wildman–Crippen MR) is 68.6 cm³/mol. The summed E-state index contributed by atoms with van der Waals surface area (Å²) in [4.78, 5) is 11.7. The summed E-state index contributed by atoms with van der Waals surface area (Å²) < 4.78 is 0. The van der Waals surface area contributed by atoms with Crippen molar-refractivity contribution in [2.24, 2.45) is 5.92 Å². The zero-order valence-corrected chi connectivity index (χ0v) is 10.8. The van der Waals surface area contributed by atoms with Crippen molar-refractivity contribution in [2.45, 2.75) is 32.9 Å². The highest BCUT2D eigenvalue weighted by molar-refractivity contribution is 5.81. The Hall–Kier alpha value is -1.86. The Labute approximate surface area is 107 Å². The van der Waals surface area contributed by atoms with Gasteiger partial charge in [-0.15, -0.1) is 0 Å². The molecule has 1 aromatic carbocycles. The van der Waals surface area contributed by atoms with Gasteiger partial charge in [0.2, 0.25) is 5.91 Å². The smallest absolute Gasteiger partial charge is 0.249 e. The summed E-state index contributed by atoms with van der Waals surface area (Å²) in [6, 6.07) is 8.85. The first kappa shape index (κ1) is 14.2. The lowest BCUT2D eigenvalue weighted by Gasteiger charge is -2.19. The predicted octanol–water partition coefficient (Wildman–Crippen LogP) is 1.75. The zero-order chi connectivity index (χ0) is 13.7. The minimum Gasteiger partial charge on any atom is -0.383 e. The molecule has 0 saturated carbocycles. The van der Waals surface area contributed by atoms with Crippen LogP contribution in [0.5, 0.6) is 0 Å². The topological polar surface area (TPSA) is 73.1 Å². The highest BCUT2D eigenvalue weighted by Gasteiger charge is 2.20. The van der Waals surface area contributed by atoms with E-state index >= 15 is 0 Å². The van der Waals surface area contributed by atoms with Gasteiger partial charge in [-0.1, -0.05) is 26.0 Å². The molecule has 0 fully saturated rings. The van der Waals surface area contributed by atoms with E-state index in [0.717, 1.165) is 5.56 Å². The van der Waals surface area contributed by atoms with Crippen molar-refractivity contribution in [3.05, 3.63) is 35.4 Å². The Balaban J connectivity index is 2.67. The van der Waals surface area contributed by atoms with Crippen LogP contribution < -0.4 is 5.32 Å². The molecular formula is C14H18N2O2. The molecule has 2 atom stereocenters. The number of aliphatic hydroxyl groups is 1. The lowest BCUT2D eigenvalue weighted by molar-refractivity contribution is -0.132. The minimum absolute atomic E-state index is 0.113. The molecule has 0 radical (unpaired) electrons. The summed E-state index contributed by atoms with van der Waals surface area (Å²) in [5.74, 6) is -0.486. The molecule has 0 bridgehead atoms. The fourth-order valence-electron chi connectivity index (χ4n) is 1.53. The molecule has 0 heterocycles. The third-order valence-corrected chi connectivity index (χ3v) is 2.80. The fourth-order valence-corrected chi connectivity index (χ4v) is 1.53. The van der Waals surface area contributed by atoms with Crippen LogP contribution in [-0.4, -0.2) is 17.1 Å². The van der Waals surface area contributed by atoms with E-state index in [1.165, 1.54) is 0 Å². The van der Waals surface area contributed by atoms with Crippen molar-refractivity contribution in [1.82, 2.24) is 5.32 Å². The molecule has 1 unspecified atom stereocenters. The van der Waals surface area contributed by atoms with E-state index in [9.17, 15) is 9.90 Å². The quantitative estimate of drug-likeness (QED) is 0.850. The maximum atomic E-state index is 11.7. The van der Waals surface area contributed by atoms with Crippen molar-refractivity contribution in [3.63, 3.8) is 0 Å². The Morgan fingerprint density at radius 2 is 1.83 bits per heavy atom. The molecule has 4 heteroatoms. The summed E-state index contributed by atoms with van der Waals surface area (Å²) in [5.41, 5.74) is 1.48. The highest BCUT2D eigenvalue weighted by Crippen LogP contribution is 2.14. The van der Waals surface area contributed by atoms with Crippen molar-refractivity contribution < 1.29 is 9.90 Å². The number of carbonyl (C=O) groups is 1. The average Bonchev–Trinajstić information content (AvgIpc) is 2.37. The lowest BCUT2D eigenvalue weighted by atomic mass is 10.0. The molecule has 96 valence electrons. The largest absolute Gasteiger partial charge is 0.383 e. The number of amides is 1. The van der Waals surface area contributed by atoms with Crippen LogP contribution in [0.25, 0.3) is 0 Å². The lowest BCUT2D eigenvalue weighted by Crippen LogP contribution is -2.38. The molecule has 0 spiro atoms. The van der Waals surface area contributed by atoms with Crippen LogP contribution in [0.15, 0.2) is 24.3 Å². The molecule has 0 saturated heterocycles. The number of carbonyl (C=O) groups excluding carboxylic acids is 1. The zero-order valence-electron chi connectivity index (χ0n) is 10.8. The van der Waals surface area contributed by atoms with Crippen LogP contribution in [0, 0.1) is 17.2 Å². The molecule has 4 nitrogen and oxygen atoms in total. The standard InChI is InChI=1S/C14H18N2O2/c1-9(2)13(17)14(18)16-10(3)12-6-4-11(8-15)5-7-12/h4-7,9-10,13,17H,1-3H3,(H,16,18)/t10-,13?/m0/s1. The number of nitrogens with zero attached hydrogens (tertiary/aromatic N) is 1. The van der Waals surface area contributed by atoms with Gasteiger partial charge in [-0.05, 0) is 30.5 Å². The van der Waals surface area contributed by atoms with Gasteiger partial charge >= 0.3 is 0 Å². The van der Waals surface area contributed by atoms with E-state index in [-0.39, 0.29) is 17.9 Å². The van der Waals surface area contributed by atoms with Gasteiger partial charge in [-0.2, -0.15) is 5.26 Å². The fraction of sp³-hybridized carbons (Fsp3) is 0.429. The number of aliphatic hydroxyl groups excluding tert-OH is 1. The number of nitrogens with one attached hydrogen (secondary N) is 1. The van der Waals surface area contributed by atoms with Gasteiger partial charge < -0.3 is 10.4 Å². The second-order valence-electron chi connectivity index (χ2n) is 4.65. The summed E-state index contributed by atoms with van der Waals surface area (Å²) in [5, 5.41) is 21.1. The van der Waals surface area contributed by atoms with Gasteiger partial charge in [0.1, 0.15) is 6.10 Å². The first-order valence-corrected chi connectivity index (χ1v) is 5.94. The summed E-state index contributed by atoms with van der Waals surface area (Å²) in [7, 11) is 0. The Morgan fingerprint density at radius 3 is 2.28 bits per heavy atom. The van der Waals surface area contributed by atoms with Crippen LogP contribution in [0.2, 0.25) is 0 Å². The first-order chi connectivity index (χ1) is 8.45. The molecule has 2 N–H and O–H groups in total. The molecule has 0 aliphatic rings. The SMILES string of the molecule is CC(C)C(O)C(=O)N[C@@H](C)c1ccc(C#N)cc1. The molecule has 0 aliphatic carbocycles. The van der Waals surface area contributed by atoms with E-state index in [2.05, 4.69) is 5.32 Å². The molecule has 1 aromatic rings. The Bertz CT molecular complexity index is 446. The van der Waals surface area contributed by atoms with Crippen LogP contribution in [0.1, 0.15) is 37.9 Å². The maximum absolute atomic E-state index is 11.7. The third kappa shape index (κ3) is 3.57. The van der Waals surface area contributed by atoms with Crippen molar-refractivity contribution in [1.29, 1.82) is 5.26 Å². The van der Waals surface area contributed by atoms with E-state index in [1.54, 1.807) is 38.1 Å². The normalized spacial score (nSPS) is 13.8. The summed E-state index contributed by atoms with van der Waals surface area (Å²) in [6.45, 7) is 5.42. The highest BCUT2D eigenvalue weighted by atomic mass is 16.3. The molecule has 1 rings (SSSR count). The Morgan fingerprint density at radius 1 is 1.28 bits per heavy atom. The average molecular weight is 246 g/mol. The van der Waals surface area contributed by atoms with E-state index in [0.29, 0.717) is 5.56 Å². The maximum Gasteiger partial charge on any atom is 0.249 e. The second kappa shape index (κ2) is 6.18. The van der Waals surface area contributed by atoms with Gasteiger partial charge in [0, 0.05) is 0 Å². The van der Waals surface area contributed by atoms with Crippen molar-refractivity contribution in [2.75, 3.05) is 0 Å². The molecule has 1 amide bonds. The Kier molecular flexibility index (Phi) is 4.87. The molecule has 0 aliphatic heterocycles. The monoisotopic (exact) mass is 246 g/mol. The van der Waals surface area contributed by atoms with E-state index < -0.39 is 6.10 Å². The second-order valence-corrected chi connectivity index (χ2v) is 4.65. The molecule has 0 aromatic heterocycles. The molecule has 18 heavy (non-hydrogen) atoms. The van der Waals surface area contributed by atoms with Crippen LogP contribution in [-0.2, 0) is 4.79 Å². The minimum atomic E-state index is -0.995. The van der Waals surface area contributed by atoms with Gasteiger partial charge in [0.25, 0.3) is 0 Å². The van der Waals surface area contributed by atoms with Crippen LogP contribution >= 0.6 is 0 Å². The van der Waals surface area contributed by atoms with Crippen molar-refractivity contribution in [3.8, 4) is 6.07 Å². The van der Waals surface area contributed by atoms with Gasteiger partial charge in [-0.25, -0.2) is 0 Å². The van der Waals surface area contributed by atoms with E-state index in [4.69, 9.17) is 5.26 Å².